The molecule has 1 heterocycles. The van der Waals surface area contributed by atoms with Crippen molar-refractivity contribution in [2.75, 3.05) is 11.4 Å². The average Bonchev–Trinajstić information content (AvgIpc) is 3.52. The Labute approximate surface area is 250 Å². The van der Waals surface area contributed by atoms with Gasteiger partial charge in [0.05, 0.1) is 5.41 Å². The van der Waals surface area contributed by atoms with Gasteiger partial charge in [-0.25, -0.2) is 4.79 Å². The third-order valence-corrected chi connectivity index (χ3v) is 8.58. The number of rotatable bonds is 10. The van der Waals surface area contributed by atoms with Crippen molar-refractivity contribution in [2.45, 2.75) is 77.5 Å². The van der Waals surface area contributed by atoms with Crippen molar-refractivity contribution in [1.29, 1.82) is 0 Å². The number of benzene rings is 2. The molecular weight excluding hydrogens is 560 g/mol. The summed E-state index contributed by atoms with van der Waals surface area (Å²) in [5.41, 5.74) is 1.24. The maximum Gasteiger partial charge on any atom is 0.326 e. The standard InChI is InChI=1S/C31H37ClN4O6/c1-19-28(39)36(27(35(19)21(3)38)23-8-10-24(32)11-9-23)25-12-6-22(7-13-25)18-26(29(40)41)34-30(42)31(14-4-5-15-31)16-17-33-20(2)37/h6-13,19,26-27H,4-5,14-18H2,1-3H3,(H,33,37)(H,34,42)(H,40,41). The molecule has 42 heavy (non-hydrogen) atoms. The predicted octanol–water partition coefficient (Wildman–Crippen LogP) is 3.82. The van der Waals surface area contributed by atoms with Gasteiger partial charge in [-0.15, -0.1) is 0 Å². The fourth-order valence-corrected chi connectivity index (χ4v) is 6.22. The van der Waals surface area contributed by atoms with Gasteiger partial charge in [-0.1, -0.05) is 48.7 Å². The molecule has 3 unspecified atom stereocenters. The second-order valence-electron chi connectivity index (χ2n) is 11.2. The minimum Gasteiger partial charge on any atom is -0.480 e. The third-order valence-electron chi connectivity index (χ3n) is 8.33. The number of anilines is 1. The van der Waals surface area contributed by atoms with Crippen LogP contribution in [0.25, 0.3) is 0 Å². The van der Waals surface area contributed by atoms with Gasteiger partial charge < -0.3 is 20.6 Å². The molecule has 10 nitrogen and oxygen atoms in total. The monoisotopic (exact) mass is 596 g/mol. The molecule has 2 aromatic carbocycles. The number of hydrogen-bond acceptors (Lipinski definition) is 5. The molecule has 11 heteroatoms. The van der Waals surface area contributed by atoms with E-state index in [1.54, 1.807) is 60.4 Å². The van der Waals surface area contributed by atoms with Crippen LogP contribution in [0.5, 0.6) is 0 Å². The number of nitrogens with zero attached hydrogens (tertiary/aromatic N) is 2. The number of amides is 4. The number of carbonyl (C=O) groups excluding carboxylic acids is 4. The molecule has 2 aromatic rings. The Balaban J connectivity index is 1.52. The fourth-order valence-electron chi connectivity index (χ4n) is 6.09. The van der Waals surface area contributed by atoms with E-state index in [4.69, 9.17) is 11.6 Å². The Hall–Kier alpha value is -3.92. The Bertz CT molecular complexity index is 1340. The highest BCUT2D eigenvalue weighted by atomic mass is 35.5. The van der Waals surface area contributed by atoms with Crippen molar-refractivity contribution in [2.24, 2.45) is 5.41 Å². The SMILES string of the molecule is CC(=O)NCCC1(C(=O)NC(Cc2ccc(N3C(=O)C(C)N(C(C)=O)C3c3ccc(Cl)cc3)cc2)C(=O)O)CCCC1. The smallest absolute Gasteiger partial charge is 0.326 e. The molecule has 0 spiro atoms. The zero-order valence-electron chi connectivity index (χ0n) is 24.1. The van der Waals surface area contributed by atoms with Crippen LogP contribution in [0.15, 0.2) is 48.5 Å². The van der Waals surface area contributed by atoms with E-state index < -0.39 is 29.6 Å². The van der Waals surface area contributed by atoms with Gasteiger partial charge in [-0.05, 0) is 61.6 Å². The zero-order chi connectivity index (χ0) is 30.6. The number of halogens is 1. The first-order valence-electron chi connectivity index (χ1n) is 14.2. The topological polar surface area (TPSA) is 136 Å². The summed E-state index contributed by atoms with van der Waals surface area (Å²) in [5, 5.41) is 16.0. The normalized spacial score (nSPS) is 20.3. The maximum atomic E-state index is 13.4. The number of nitrogens with one attached hydrogen (secondary N) is 2. The van der Waals surface area contributed by atoms with E-state index in [2.05, 4.69) is 10.6 Å². The van der Waals surface area contributed by atoms with Crippen LogP contribution < -0.4 is 15.5 Å². The van der Waals surface area contributed by atoms with Crippen LogP contribution in [0.4, 0.5) is 5.69 Å². The van der Waals surface area contributed by atoms with Gasteiger partial charge in [0.1, 0.15) is 18.2 Å². The van der Waals surface area contributed by atoms with Crippen molar-refractivity contribution in [3.05, 3.63) is 64.7 Å². The summed E-state index contributed by atoms with van der Waals surface area (Å²) < 4.78 is 0. The lowest BCUT2D eigenvalue weighted by molar-refractivity contribution is -0.144. The van der Waals surface area contributed by atoms with Gasteiger partial charge in [0.2, 0.25) is 17.7 Å². The Kier molecular flexibility index (Phi) is 9.56. The van der Waals surface area contributed by atoms with E-state index in [1.807, 2.05) is 0 Å². The molecule has 0 aromatic heterocycles. The van der Waals surface area contributed by atoms with E-state index in [0.717, 1.165) is 18.4 Å². The third kappa shape index (κ3) is 6.59. The lowest BCUT2D eigenvalue weighted by Gasteiger charge is -2.31. The summed E-state index contributed by atoms with van der Waals surface area (Å²) in [6, 6.07) is 12.1. The highest BCUT2D eigenvalue weighted by Gasteiger charge is 2.46. The molecule has 4 rings (SSSR count). The molecule has 4 amide bonds. The van der Waals surface area contributed by atoms with Crippen LogP contribution in [0.1, 0.15) is 70.2 Å². The van der Waals surface area contributed by atoms with E-state index >= 15 is 0 Å². The van der Waals surface area contributed by atoms with E-state index in [0.29, 0.717) is 42.1 Å². The van der Waals surface area contributed by atoms with Crippen LogP contribution in [-0.4, -0.2) is 58.2 Å². The molecule has 0 bridgehead atoms. The molecule has 1 aliphatic heterocycles. The summed E-state index contributed by atoms with van der Waals surface area (Å²) in [5.74, 6) is -2.11. The highest BCUT2D eigenvalue weighted by Crippen LogP contribution is 2.42. The zero-order valence-corrected chi connectivity index (χ0v) is 24.8. The van der Waals surface area contributed by atoms with Crippen molar-refractivity contribution in [1.82, 2.24) is 15.5 Å². The maximum absolute atomic E-state index is 13.4. The average molecular weight is 597 g/mol. The van der Waals surface area contributed by atoms with E-state index in [9.17, 15) is 29.1 Å². The van der Waals surface area contributed by atoms with Gasteiger partial charge in [0.25, 0.3) is 5.91 Å². The summed E-state index contributed by atoms with van der Waals surface area (Å²) in [7, 11) is 0. The van der Waals surface area contributed by atoms with Crippen molar-refractivity contribution < 1.29 is 29.1 Å². The largest absolute Gasteiger partial charge is 0.480 e. The first kappa shape index (κ1) is 31.0. The van der Waals surface area contributed by atoms with Gasteiger partial charge in [-0.2, -0.15) is 0 Å². The Morgan fingerprint density at radius 2 is 1.64 bits per heavy atom. The summed E-state index contributed by atoms with van der Waals surface area (Å²) >= 11 is 6.07. The minimum absolute atomic E-state index is 0.0493. The lowest BCUT2D eigenvalue weighted by Crippen LogP contribution is -2.49. The van der Waals surface area contributed by atoms with Crippen LogP contribution >= 0.6 is 11.6 Å². The molecule has 1 aliphatic carbocycles. The molecule has 2 fully saturated rings. The molecule has 3 N–H and O–H groups in total. The molecule has 2 aliphatic rings. The number of hydrogen-bond donors (Lipinski definition) is 3. The van der Waals surface area contributed by atoms with Crippen molar-refractivity contribution >= 4 is 46.9 Å². The minimum atomic E-state index is -1.15. The van der Waals surface area contributed by atoms with Gasteiger partial charge in [-0.3, -0.25) is 24.1 Å². The second-order valence-corrected chi connectivity index (χ2v) is 11.6. The summed E-state index contributed by atoms with van der Waals surface area (Å²) in [6.07, 6.45) is 2.87. The fraction of sp³-hybridized carbons (Fsp3) is 0.452. The van der Waals surface area contributed by atoms with Gasteiger partial charge >= 0.3 is 5.97 Å². The number of carbonyl (C=O) groups is 5. The predicted molar refractivity (Wildman–Crippen MR) is 158 cm³/mol. The molecule has 1 saturated carbocycles. The molecule has 224 valence electrons. The molecule has 0 radical (unpaired) electrons. The number of carboxylic acids is 1. The number of aliphatic carboxylic acids is 1. The first-order chi connectivity index (χ1) is 19.9. The van der Waals surface area contributed by atoms with Crippen LogP contribution in [0.3, 0.4) is 0 Å². The van der Waals surface area contributed by atoms with Crippen LogP contribution in [0, 0.1) is 5.41 Å². The van der Waals surface area contributed by atoms with Gasteiger partial charge in [0, 0.05) is 37.5 Å². The van der Waals surface area contributed by atoms with E-state index in [-0.39, 0.29) is 30.0 Å². The summed E-state index contributed by atoms with van der Waals surface area (Å²) in [6.45, 7) is 4.89. The molecular formula is C31H37ClN4O6. The van der Waals surface area contributed by atoms with Crippen LogP contribution in [-0.2, 0) is 30.4 Å². The molecule has 1 saturated heterocycles. The van der Waals surface area contributed by atoms with Gasteiger partial charge in [0.15, 0.2) is 0 Å². The Morgan fingerprint density at radius 1 is 1.02 bits per heavy atom. The van der Waals surface area contributed by atoms with Crippen LogP contribution in [0.2, 0.25) is 5.02 Å². The molecule has 3 atom stereocenters. The van der Waals surface area contributed by atoms with Crippen molar-refractivity contribution in [3.63, 3.8) is 0 Å². The second kappa shape index (κ2) is 12.9. The lowest BCUT2D eigenvalue weighted by atomic mass is 9.81. The van der Waals surface area contributed by atoms with Crippen molar-refractivity contribution in [3.8, 4) is 0 Å². The number of carboxylic acid groups (broad SMARTS) is 1. The Morgan fingerprint density at radius 3 is 2.19 bits per heavy atom. The first-order valence-corrected chi connectivity index (χ1v) is 14.6. The summed E-state index contributed by atoms with van der Waals surface area (Å²) in [4.78, 5) is 65.9. The quantitative estimate of drug-likeness (QED) is 0.381. The highest BCUT2D eigenvalue weighted by molar-refractivity contribution is 6.30. The van der Waals surface area contributed by atoms with E-state index in [1.165, 1.54) is 18.7 Å².